The molecule has 2 heterocycles. The van der Waals surface area contributed by atoms with Gasteiger partial charge in [-0.25, -0.2) is 0 Å². The van der Waals surface area contributed by atoms with E-state index in [0.717, 1.165) is 19.4 Å². The van der Waals surface area contributed by atoms with Crippen molar-refractivity contribution in [2.75, 3.05) is 13.7 Å². The second-order valence-electron chi connectivity index (χ2n) is 4.55. The zero-order valence-corrected chi connectivity index (χ0v) is 10.8. The molecular formula is C13H21NOS. The average Bonchev–Trinajstić information content (AvgIpc) is 2.82. The molecule has 2 rings (SSSR count). The number of ether oxygens (including phenoxy) is 1. The van der Waals surface area contributed by atoms with Crippen molar-refractivity contribution in [1.29, 1.82) is 0 Å². The summed E-state index contributed by atoms with van der Waals surface area (Å²) in [4.78, 5) is 0. The van der Waals surface area contributed by atoms with Crippen molar-refractivity contribution in [2.24, 2.45) is 0 Å². The first kappa shape index (κ1) is 12.1. The minimum Gasteiger partial charge on any atom is -0.378 e. The van der Waals surface area contributed by atoms with Crippen LogP contribution in [0.2, 0.25) is 0 Å². The monoisotopic (exact) mass is 239 g/mol. The average molecular weight is 239 g/mol. The van der Waals surface area contributed by atoms with E-state index in [9.17, 15) is 0 Å². The van der Waals surface area contributed by atoms with Crippen LogP contribution in [0, 0.1) is 0 Å². The Bertz CT molecular complexity index is 280. The van der Waals surface area contributed by atoms with Gasteiger partial charge in [0.2, 0.25) is 0 Å². The van der Waals surface area contributed by atoms with Crippen LogP contribution in [0.3, 0.4) is 0 Å². The maximum Gasteiger partial charge on any atom is 0.0590 e. The topological polar surface area (TPSA) is 21.3 Å². The highest BCUT2D eigenvalue weighted by molar-refractivity contribution is 7.07. The first-order valence-electron chi connectivity index (χ1n) is 6.18. The van der Waals surface area contributed by atoms with E-state index in [1.807, 2.05) is 0 Å². The Balaban J connectivity index is 1.80. The molecule has 90 valence electrons. The van der Waals surface area contributed by atoms with Crippen molar-refractivity contribution in [3.05, 3.63) is 22.4 Å². The fraction of sp³-hybridized carbons (Fsp3) is 0.692. The van der Waals surface area contributed by atoms with Crippen LogP contribution in [-0.2, 0) is 11.2 Å². The lowest BCUT2D eigenvalue weighted by Crippen LogP contribution is -2.34. The smallest absolute Gasteiger partial charge is 0.0590 e. The summed E-state index contributed by atoms with van der Waals surface area (Å²) in [7, 11) is 2.06. The van der Waals surface area contributed by atoms with E-state index in [0.29, 0.717) is 12.1 Å². The summed E-state index contributed by atoms with van der Waals surface area (Å²) in [6, 6.07) is 2.77. The molecule has 1 fully saturated rings. The molecule has 0 saturated carbocycles. The Morgan fingerprint density at radius 2 is 2.50 bits per heavy atom. The van der Waals surface area contributed by atoms with Gasteiger partial charge in [-0.1, -0.05) is 0 Å². The molecule has 1 aliphatic rings. The highest BCUT2D eigenvalue weighted by Crippen LogP contribution is 2.19. The number of nitrogens with one attached hydrogen (secondary N) is 1. The van der Waals surface area contributed by atoms with Crippen LogP contribution in [-0.4, -0.2) is 25.8 Å². The first-order chi connectivity index (χ1) is 7.88. The maximum absolute atomic E-state index is 5.79. The number of hydrogen-bond donors (Lipinski definition) is 1. The van der Waals surface area contributed by atoms with E-state index in [1.165, 1.54) is 24.8 Å². The van der Waals surface area contributed by atoms with Crippen molar-refractivity contribution in [2.45, 2.75) is 44.2 Å². The van der Waals surface area contributed by atoms with Crippen molar-refractivity contribution in [1.82, 2.24) is 5.32 Å². The van der Waals surface area contributed by atoms with Gasteiger partial charge in [-0.15, -0.1) is 0 Å². The van der Waals surface area contributed by atoms with Crippen molar-refractivity contribution >= 4 is 11.3 Å². The number of hydrogen-bond acceptors (Lipinski definition) is 3. The second-order valence-corrected chi connectivity index (χ2v) is 5.33. The molecule has 1 aromatic rings. The van der Waals surface area contributed by atoms with E-state index < -0.39 is 0 Å². The van der Waals surface area contributed by atoms with Gasteiger partial charge in [0.05, 0.1) is 6.10 Å². The first-order valence-corrected chi connectivity index (χ1v) is 7.12. The quantitative estimate of drug-likeness (QED) is 0.853. The molecule has 0 spiro atoms. The molecule has 1 aliphatic heterocycles. The van der Waals surface area contributed by atoms with E-state index in [-0.39, 0.29) is 0 Å². The van der Waals surface area contributed by atoms with Gasteiger partial charge in [-0.05, 0) is 61.5 Å². The maximum atomic E-state index is 5.79. The van der Waals surface area contributed by atoms with Gasteiger partial charge >= 0.3 is 0 Å². The van der Waals surface area contributed by atoms with Gasteiger partial charge in [0, 0.05) is 12.6 Å². The number of rotatable bonds is 5. The third-order valence-corrected chi connectivity index (χ3v) is 4.02. The normalized spacial score (nSPS) is 23.2. The summed E-state index contributed by atoms with van der Waals surface area (Å²) in [6.07, 6.45) is 6.56. The second kappa shape index (κ2) is 6.38. The van der Waals surface area contributed by atoms with E-state index in [2.05, 4.69) is 29.2 Å². The summed E-state index contributed by atoms with van der Waals surface area (Å²) in [6.45, 7) is 0.958. The standard InChI is InChI=1S/C13H21NOS/c1-14-12(8-11-5-7-16-10-11)9-13-4-2-3-6-15-13/h5,7,10,12-14H,2-4,6,8-9H2,1H3. The molecule has 2 unspecified atom stereocenters. The largest absolute Gasteiger partial charge is 0.378 e. The molecule has 1 N–H and O–H groups in total. The van der Waals surface area contributed by atoms with Crippen LogP contribution in [0.15, 0.2) is 16.8 Å². The zero-order valence-electron chi connectivity index (χ0n) is 9.95. The van der Waals surface area contributed by atoms with Gasteiger partial charge in [0.15, 0.2) is 0 Å². The molecule has 1 aromatic heterocycles. The molecule has 2 atom stereocenters. The minimum absolute atomic E-state index is 0.477. The highest BCUT2D eigenvalue weighted by atomic mass is 32.1. The molecule has 0 bridgehead atoms. The van der Waals surface area contributed by atoms with Crippen LogP contribution in [0.25, 0.3) is 0 Å². The molecule has 0 aliphatic carbocycles. The van der Waals surface area contributed by atoms with E-state index in [4.69, 9.17) is 4.74 Å². The number of thiophene rings is 1. The van der Waals surface area contributed by atoms with Crippen LogP contribution in [0.5, 0.6) is 0 Å². The van der Waals surface area contributed by atoms with E-state index >= 15 is 0 Å². The van der Waals surface area contributed by atoms with Gasteiger partial charge in [-0.2, -0.15) is 11.3 Å². The highest BCUT2D eigenvalue weighted by Gasteiger charge is 2.18. The Morgan fingerprint density at radius 3 is 3.12 bits per heavy atom. The summed E-state index contributed by atoms with van der Waals surface area (Å²) in [5, 5.41) is 7.81. The predicted molar refractivity (Wildman–Crippen MR) is 69.1 cm³/mol. The fourth-order valence-electron chi connectivity index (χ4n) is 2.31. The molecule has 2 nitrogen and oxygen atoms in total. The molecule has 3 heteroatoms. The van der Waals surface area contributed by atoms with E-state index in [1.54, 1.807) is 11.3 Å². The molecule has 0 aromatic carbocycles. The van der Waals surface area contributed by atoms with Crippen molar-refractivity contribution in [3.8, 4) is 0 Å². The van der Waals surface area contributed by atoms with Crippen molar-refractivity contribution in [3.63, 3.8) is 0 Å². The molecule has 0 amide bonds. The van der Waals surface area contributed by atoms with Crippen LogP contribution < -0.4 is 5.32 Å². The lowest BCUT2D eigenvalue weighted by molar-refractivity contribution is 0.00569. The Morgan fingerprint density at radius 1 is 1.56 bits per heavy atom. The van der Waals surface area contributed by atoms with Crippen LogP contribution in [0.4, 0.5) is 0 Å². The summed E-state index contributed by atoms with van der Waals surface area (Å²) in [5.74, 6) is 0. The SMILES string of the molecule is CNC(Cc1ccsc1)CC1CCCCO1. The zero-order chi connectivity index (χ0) is 11.2. The Labute approximate surface area is 102 Å². The Kier molecular flexibility index (Phi) is 4.82. The minimum atomic E-state index is 0.477. The third-order valence-electron chi connectivity index (χ3n) is 3.29. The summed E-state index contributed by atoms with van der Waals surface area (Å²) < 4.78 is 5.79. The fourth-order valence-corrected chi connectivity index (χ4v) is 2.99. The molecule has 1 saturated heterocycles. The number of likely N-dealkylation sites (N-methyl/N-ethyl adjacent to an activating group) is 1. The summed E-state index contributed by atoms with van der Waals surface area (Å²) >= 11 is 1.78. The van der Waals surface area contributed by atoms with Gasteiger partial charge in [0.1, 0.15) is 0 Å². The molecular weight excluding hydrogens is 218 g/mol. The van der Waals surface area contributed by atoms with Crippen LogP contribution >= 0.6 is 11.3 Å². The van der Waals surface area contributed by atoms with Gasteiger partial charge < -0.3 is 10.1 Å². The summed E-state index contributed by atoms with van der Waals surface area (Å²) in [5.41, 5.74) is 1.44. The molecule has 16 heavy (non-hydrogen) atoms. The van der Waals surface area contributed by atoms with Crippen LogP contribution in [0.1, 0.15) is 31.2 Å². The lowest BCUT2D eigenvalue weighted by Gasteiger charge is -2.26. The third kappa shape index (κ3) is 3.58. The molecule has 0 radical (unpaired) electrons. The van der Waals surface area contributed by atoms with Gasteiger partial charge in [-0.3, -0.25) is 0 Å². The Hall–Kier alpha value is -0.380. The van der Waals surface area contributed by atoms with Gasteiger partial charge in [0.25, 0.3) is 0 Å². The lowest BCUT2D eigenvalue weighted by atomic mass is 9.98. The predicted octanol–water partition coefficient (Wildman–Crippen LogP) is 2.84. The van der Waals surface area contributed by atoms with Crippen molar-refractivity contribution < 1.29 is 4.74 Å².